The molecule has 0 saturated carbocycles. The minimum atomic E-state index is -0.644. The van der Waals surface area contributed by atoms with E-state index in [4.69, 9.17) is 55.9 Å². The number of methoxy groups -OCH3 is 2. The fraction of sp³-hybridized carbons (Fsp3) is 0.222. The van der Waals surface area contributed by atoms with E-state index in [2.05, 4.69) is 9.47 Å². The first-order valence-electron chi connectivity index (χ1n) is 7.68. The second-order valence-electron chi connectivity index (χ2n) is 5.20. The molecule has 0 aliphatic heterocycles. The van der Waals surface area contributed by atoms with Gasteiger partial charge >= 0.3 is 11.9 Å². The maximum absolute atomic E-state index is 11.6. The summed E-state index contributed by atoms with van der Waals surface area (Å²) in [5, 5.41) is 0.416. The number of halogens is 4. The molecule has 10 heteroatoms. The lowest BCUT2D eigenvalue weighted by molar-refractivity contribution is 0.0592. The Kier molecular flexibility index (Phi) is 8.07. The van der Waals surface area contributed by atoms with Gasteiger partial charge in [-0.2, -0.15) is 0 Å². The van der Waals surface area contributed by atoms with Crippen LogP contribution in [0.2, 0.25) is 20.1 Å². The highest BCUT2D eigenvalue weighted by molar-refractivity contribution is 6.40. The first kappa shape index (κ1) is 22.4. The van der Waals surface area contributed by atoms with Gasteiger partial charge in [0.15, 0.2) is 0 Å². The quantitative estimate of drug-likeness (QED) is 0.404. The topological polar surface area (TPSA) is 71.1 Å². The number of esters is 2. The lowest BCUT2D eigenvalue weighted by Crippen LogP contribution is -2.10. The number of ether oxygens (including phenoxy) is 4. The monoisotopic (exact) mass is 466 g/mol. The maximum Gasteiger partial charge on any atom is 0.340 e. The zero-order valence-electron chi connectivity index (χ0n) is 14.7. The Hall–Kier alpha value is -1.86. The first-order chi connectivity index (χ1) is 13.3. The predicted molar refractivity (Wildman–Crippen MR) is 107 cm³/mol. The molecule has 6 nitrogen and oxygen atoms in total. The van der Waals surface area contributed by atoms with Crippen molar-refractivity contribution in [3.63, 3.8) is 0 Å². The zero-order chi connectivity index (χ0) is 20.8. The lowest BCUT2D eigenvalue weighted by Gasteiger charge is -2.12. The normalized spacial score (nSPS) is 10.4. The van der Waals surface area contributed by atoms with Gasteiger partial charge in [0.25, 0.3) is 0 Å². The van der Waals surface area contributed by atoms with Gasteiger partial charge in [-0.15, -0.1) is 0 Å². The Labute approximate surface area is 181 Å². The Morgan fingerprint density at radius 1 is 0.679 bits per heavy atom. The molecule has 0 bridgehead atoms. The van der Waals surface area contributed by atoms with E-state index in [-0.39, 0.29) is 44.4 Å². The van der Waals surface area contributed by atoms with Gasteiger partial charge in [-0.25, -0.2) is 9.59 Å². The van der Waals surface area contributed by atoms with Crippen molar-refractivity contribution in [2.75, 3.05) is 27.4 Å². The van der Waals surface area contributed by atoms with Gasteiger partial charge in [-0.1, -0.05) is 46.4 Å². The molecule has 0 aliphatic carbocycles. The van der Waals surface area contributed by atoms with Crippen LogP contribution in [0.3, 0.4) is 0 Å². The van der Waals surface area contributed by atoms with Gasteiger partial charge in [0.05, 0.1) is 45.4 Å². The summed E-state index contributed by atoms with van der Waals surface area (Å²) in [6, 6.07) is 5.77. The van der Waals surface area contributed by atoms with E-state index in [1.54, 1.807) is 0 Å². The molecule has 0 N–H and O–H groups in total. The van der Waals surface area contributed by atoms with Gasteiger partial charge in [0.2, 0.25) is 0 Å². The highest BCUT2D eigenvalue weighted by Crippen LogP contribution is 2.32. The van der Waals surface area contributed by atoms with Gasteiger partial charge < -0.3 is 18.9 Å². The Morgan fingerprint density at radius 3 is 1.21 bits per heavy atom. The predicted octanol–water partition coefficient (Wildman–Crippen LogP) is 5.33. The molecule has 0 fully saturated rings. The van der Waals surface area contributed by atoms with Crippen LogP contribution in [0, 0.1) is 0 Å². The molecule has 2 aromatic carbocycles. The van der Waals surface area contributed by atoms with E-state index >= 15 is 0 Å². The Morgan fingerprint density at radius 2 is 0.964 bits per heavy atom. The number of hydrogen-bond acceptors (Lipinski definition) is 6. The molecule has 150 valence electrons. The van der Waals surface area contributed by atoms with E-state index in [1.807, 2.05) is 0 Å². The third kappa shape index (κ3) is 5.35. The van der Waals surface area contributed by atoms with Crippen LogP contribution in [-0.4, -0.2) is 39.4 Å². The van der Waals surface area contributed by atoms with Crippen molar-refractivity contribution in [2.24, 2.45) is 0 Å². The van der Waals surface area contributed by atoms with Crippen molar-refractivity contribution in [1.82, 2.24) is 0 Å². The molecule has 0 spiro atoms. The number of rotatable bonds is 7. The highest BCUT2D eigenvalue weighted by atomic mass is 35.5. The SMILES string of the molecule is COC(=O)c1c(Cl)cc(OCCOc2cc(Cl)c(C(=O)OC)c(Cl)c2)cc1Cl. The number of benzene rings is 2. The van der Waals surface area contributed by atoms with E-state index in [9.17, 15) is 9.59 Å². The molecule has 2 rings (SSSR count). The third-order valence-electron chi connectivity index (χ3n) is 3.43. The summed E-state index contributed by atoms with van der Waals surface area (Å²) in [4.78, 5) is 23.2. The molecule has 0 aliphatic rings. The average Bonchev–Trinajstić information content (AvgIpc) is 2.63. The Balaban J connectivity index is 1.98. The summed E-state index contributed by atoms with van der Waals surface area (Å²) in [6.07, 6.45) is 0. The summed E-state index contributed by atoms with van der Waals surface area (Å²) in [5.74, 6) is -0.588. The molecule has 0 unspecified atom stereocenters. The molecule has 0 atom stereocenters. The molecular weight excluding hydrogens is 454 g/mol. The molecule has 0 heterocycles. The van der Waals surface area contributed by atoms with Crippen molar-refractivity contribution >= 4 is 58.3 Å². The van der Waals surface area contributed by atoms with E-state index in [0.717, 1.165) is 0 Å². The number of carbonyl (C=O) groups is 2. The zero-order valence-corrected chi connectivity index (χ0v) is 17.7. The van der Waals surface area contributed by atoms with Crippen LogP contribution < -0.4 is 9.47 Å². The maximum atomic E-state index is 11.6. The van der Waals surface area contributed by atoms with E-state index in [1.165, 1.54) is 38.5 Å². The minimum Gasteiger partial charge on any atom is -0.490 e. The summed E-state index contributed by atoms with van der Waals surface area (Å²) in [6.45, 7) is 0.274. The molecule has 0 saturated heterocycles. The second kappa shape index (κ2) is 10.1. The highest BCUT2D eigenvalue weighted by Gasteiger charge is 2.18. The molecular formula is C18H14Cl4O6. The van der Waals surface area contributed by atoms with Crippen molar-refractivity contribution in [2.45, 2.75) is 0 Å². The average molecular weight is 468 g/mol. The molecule has 0 amide bonds. The molecule has 28 heavy (non-hydrogen) atoms. The minimum absolute atomic E-state index is 0.0596. The van der Waals surface area contributed by atoms with Crippen LogP contribution >= 0.6 is 46.4 Å². The summed E-state index contributed by atoms with van der Waals surface area (Å²) in [5.41, 5.74) is 0.119. The van der Waals surface area contributed by atoms with Crippen molar-refractivity contribution in [3.8, 4) is 11.5 Å². The molecule has 0 aromatic heterocycles. The summed E-state index contributed by atoms with van der Waals surface area (Å²) < 4.78 is 20.3. The van der Waals surface area contributed by atoms with Crippen LogP contribution in [0.1, 0.15) is 20.7 Å². The lowest BCUT2D eigenvalue weighted by atomic mass is 10.2. The van der Waals surface area contributed by atoms with Crippen LogP contribution in [-0.2, 0) is 9.47 Å². The van der Waals surface area contributed by atoms with Gasteiger partial charge in [-0.05, 0) is 24.3 Å². The van der Waals surface area contributed by atoms with Gasteiger partial charge in [0, 0.05) is 0 Å². The fourth-order valence-electron chi connectivity index (χ4n) is 2.18. The summed E-state index contributed by atoms with van der Waals surface area (Å²) >= 11 is 24.2. The molecule has 0 radical (unpaired) electrons. The van der Waals surface area contributed by atoms with Crippen LogP contribution in [0.25, 0.3) is 0 Å². The fourth-order valence-corrected chi connectivity index (χ4v) is 3.42. The third-order valence-corrected chi connectivity index (χ3v) is 4.62. The van der Waals surface area contributed by atoms with E-state index in [0.29, 0.717) is 11.5 Å². The smallest absolute Gasteiger partial charge is 0.340 e. The number of hydrogen-bond donors (Lipinski definition) is 0. The van der Waals surface area contributed by atoms with Gasteiger partial charge in [0.1, 0.15) is 24.7 Å². The van der Waals surface area contributed by atoms with Crippen molar-refractivity contribution < 1.29 is 28.5 Å². The van der Waals surface area contributed by atoms with Crippen LogP contribution in [0.4, 0.5) is 0 Å². The second-order valence-corrected chi connectivity index (χ2v) is 6.83. The number of carbonyl (C=O) groups excluding carboxylic acids is 2. The van der Waals surface area contributed by atoms with E-state index < -0.39 is 11.9 Å². The van der Waals surface area contributed by atoms with Crippen LogP contribution in [0.15, 0.2) is 24.3 Å². The molecule has 2 aromatic rings. The Bertz CT molecular complexity index is 780. The summed E-state index contributed by atoms with van der Waals surface area (Å²) in [7, 11) is 2.46. The van der Waals surface area contributed by atoms with Gasteiger partial charge in [-0.3, -0.25) is 0 Å². The largest absolute Gasteiger partial charge is 0.490 e. The van der Waals surface area contributed by atoms with Crippen molar-refractivity contribution in [1.29, 1.82) is 0 Å². The first-order valence-corrected chi connectivity index (χ1v) is 9.20. The standard InChI is InChI=1S/C18H14Cl4O6/c1-25-17(23)15-11(19)5-9(6-12(15)20)27-3-4-28-10-7-13(21)16(14(22)8-10)18(24)26-2/h5-8H,3-4H2,1-2H3. The van der Waals surface area contributed by atoms with Crippen LogP contribution in [0.5, 0.6) is 11.5 Å². The van der Waals surface area contributed by atoms with Crippen molar-refractivity contribution in [3.05, 3.63) is 55.5 Å².